The number of carbonyl (C=O) groups is 1. The van der Waals surface area contributed by atoms with E-state index in [2.05, 4.69) is 23.3 Å². The number of amides is 1. The number of rotatable bonds is 7. The maximum atomic E-state index is 13.4. The minimum Gasteiger partial charge on any atom is -0.383 e. The van der Waals surface area contributed by atoms with E-state index < -0.39 is 0 Å². The van der Waals surface area contributed by atoms with Crippen LogP contribution < -0.4 is 4.90 Å². The minimum absolute atomic E-state index is 0.0285. The van der Waals surface area contributed by atoms with Gasteiger partial charge in [-0.05, 0) is 43.5 Å². The van der Waals surface area contributed by atoms with Crippen LogP contribution in [0.4, 0.5) is 5.69 Å². The van der Waals surface area contributed by atoms with Crippen molar-refractivity contribution in [3.63, 3.8) is 0 Å². The molecule has 1 heterocycles. The molecule has 142 valence electrons. The highest BCUT2D eigenvalue weighted by molar-refractivity contribution is 5.96. The molecule has 0 saturated heterocycles. The molecular weight excluding hydrogens is 340 g/mol. The summed E-state index contributed by atoms with van der Waals surface area (Å²) in [5, 5.41) is 8.32. The van der Waals surface area contributed by atoms with Crippen LogP contribution in [0.2, 0.25) is 0 Å². The third-order valence-electron chi connectivity index (χ3n) is 4.77. The van der Waals surface area contributed by atoms with E-state index in [1.807, 2.05) is 55.1 Å². The molecule has 0 aliphatic heterocycles. The number of anilines is 1. The molecule has 0 saturated carbocycles. The van der Waals surface area contributed by atoms with E-state index in [4.69, 9.17) is 4.74 Å². The Kier molecular flexibility index (Phi) is 5.86. The summed E-state index contributed by atoms with van der Waals surface area (Å²) in [6.07, 6.45) is 0.854. The summed E-state index contributed by atoms with van der Waals surface area (Å²) in [5.74, 6) is -0.0285. The molecule has 1 aromatic heterocycles. The van der Waals surface area contributed by atoms with Crippen molar-refractivity contribution in [2.75, 3.05) is 18.6 Å². The molecule has 3 aromatic rings. The number of hydrogen-bond acceptors (Lipinski definition) is 4. The quantitative estimate of drug-likeness (QED) is 0.643. The maximum absolute atomic E-state index is 13.4. The van der Waals surface area contributed by atoms with Gasteiger partial charge in [0.05, 0.1) is 23.9 Å². The van der Waals surface area contributed by atoms with Crippen LogP contribution in [-0.4, -0.2) is 40.7 Å². The van der Waals surface area contributed by atoms with Crippen LogP contribution in [-0.2, 0) is 22.5 Å². The molecule has 0 aliphatic carbocycles. The number of nitrogens with zero attached hydrogens (tertiary/aromatic N) is 4. The second-order valence-corrected chi connectivity index (χ2v) is 6.74. The number of ether oxygens (including phenoxy) is 1. The zero-order valence-corrected chi connectivity index (χ0v) is 16.3. The van der Waals surface area contributed by atoms with Gasteiger partial charge < -0.3 is 9.64 Å². The summed E-state index contributed by atoms with van der Waals surface area (Å²) in [6, 6.07) is 13.7. The fourth-order valence-corrected chi connectivity index (χ4v) is 3.49. The third kappa shape index (κ3) is 3.85. The van der Waals surface area contributed by atoms with E-state index in [9.17, 15) is 4.79 Å². The highest BCUT2D eigenvalue weighted by atomic mass is 16.5. The molecule has 1 atom stereocenters. The Morgan fingerprint density at radius 2 is 2.00 bits per heavy atom. The molecule has 27 heavy (non-hydrogen) atoms. The number of carbonyl (C=O) groups excluding carboxylic acids is 1. The number of para-hydroxylation sites is 2. The predicted molar refractivity (Wildman–Crippen MR) is 107 cm³/mol. The average molecular weight is 366 g/mol. The van der Waals surface area contributed by atoms with Crippen LogP contribution in [0.3, 0.4) is 0 Å². The van der Waals surface area contributed by atoms with Crippen LogP contribution in [0.15, 0.2) is 42.5 Å². The van der Waals surface area contributed by atoms with Gasteiger partial charge in [-0.2, -0.15) is 0 Å². The van der Waals surface area contributed by atoms with Crippen molar-refractivity contribution in [2.24, 2.45) is 0 Å². The molecule has 0 radical (unpaired) electrons. The second-order valence-electron chi connectivity index (χ2n) is 6.74. The van der Waals surface area contributed by atoms with Gasteiger partial charge in [0, 0.05) is 7.11 Å². The number of fused-ring (bicyclic) bond motifs is 1. The van der Waals surface area contributed by atoms with E-state index in [-0.39, 0.29) is 18.5 Å². The molecule has 0 fully saturated rings. The summed E-state index contributed by atoms with van der Waals surface area (Å²) < 4.78 is 7.01. The van der Waals surface area contributed by atoms with Crippen molar-refractivity contribution in [3.05, 3.63) is 53.6 Å². The predicted octanol–water partition coefficient (Wildman–Crippen LogP) is 3.37. The lowest BCUT2D eigenvalue weighted by Gasteiger charge is -2.32. The fraction of sp³-hybridized carbons (Fsp3) is 0.381. The van der Waals surface area contributed by atoms with E-state index >= 15 is 0 Å². The van der Waals surface area contributed by atoms with Gasteiger partial charge in [0.2, 0.25) is 5.91 Å². The van der Waals surface area contributed by atoms with Crippen molar-refractivity contribution in [3.8, 4) is 0 Å². The van der Waals surface area contributed by atoms with Gasteiger partial charge in [0.15, 0.2) is 0 Å². The van der Waals surface area contributed by atoms with Crippen LogP contribution in [0.5, 0.6) is 0 Å². The molecule has 0 N–H and O–H groups in total. The zero-order chi connectivity index (χ0) is 19.4. The molecule has 6 nitrogen and oxygen atoms in total. The van der Waals surface area contributed by atoms with Crippen LogP contribution >= 0.6 is 0 Å². The first kappa shape index (κ1) is 19.0. The van der Waals surface area contributed by atoms with E-state index in [0.29, 0.717) is 6.61 Å². The number of methoxy groups -OCH3 is 1. The monoisotopic (exact) mass is 366 g/mol. The Bertz CT molecular complexity index is 935. The summed E-state index contributed by atoms with van der Waals surface area (Å²) in [4.78, 5) is 15.2. The highest BCUT2D eigenvalue weighted by Crippen LogP contribution is 2.28. The first-order valence-corrected chi connectivity index (χ1v) is 9.24. The Morgan fingerprint density at radius 3 is 2.74 bits per heavy atom. The van der Waals surface area contributed by atoms with Gasteiger partial charge in [-0.1, -0.05) is 42.5 Å². The average Bonchev–Trinajstić information content (AvgIpc) is 3.06. The molecular formula is C21H26N4O2. The first-order valence-electron chi connectivity index (χ1n) is 9.24. The third-order valence-corrected chi connectivity index (χ3v) is 4.77. The summed E-state index contributed by atoms with van der Waals surface area (Å²) in [7, 11) is 1.66. The normalized spacial score (nSPS) is 12.3. The molecule has 6 heteroatoms. The fourth-order valence-electron chi connectivity index (χ4n) is 3.49. The largest absolute Gasteiger partial charge is 0.383 e. The van der Waals surface area contributed by atoms with Gasteiger partial charge in [0.25, 0.3) is 0 Å². The summed E-state index contributed by atoms with van der Waals surface area (Å²) in [5.41, 5.74) is 4.83. The summed E-state index contributed by atoms with van der Waals surface area (Å²) in [6.45, 7) is 6.74. The van der Waals surface area contributed by atoms with Crippen LogP contribution in [0.1, 0.15) is 25.0 Å². The van der Waals surface area contributed by atoms with Crippen molar-refractivity contribution < 1.29 is 9.53 Å². The topological polar surface area (TPSA) is 60.2 Å². The Labute approximate surface area is 159 Å². The molecule has 3 rings (SSSR count). The number of benzene rings is 2. The van der Waals surface area contributed by atoms with Gasteiger partial charge >= 0.3 is 0 Å². The minimum atomic E-state index is -0.0938. The highest BCUT2D eigenvalue weighted by Gasteiger charge is 2.26. The van der Waals surface area contributed by atoms with Gasteiger partial charge in [-0.15, -0.1) is 5.10 Å². The SMILES string of the molecule is CCc1cccc(C)c1N(C(=O)Cn1nnc2ccccc21)C(C)COC. The number of aryl methyl sites for hydroxylation is 2. The first-order chi connectivity index (χ1) is 13.1. The molecule has 2 aromatic carbocycles. The maximum Gasteiger partial charge on any atom is 0.249 e. The summed E-state index contributed by atoms with van der Waals surface area (Å²) >= 11 is 0. The van der Waals surface area contributed by atoms with Crippen LogP contribution in [0.25, 0.3) is 11.0 Å². The van der Waals surface area contributed by atoms with Crippen molar-refractivity contribution in [2.45, 2.75) is 39.8 Å². The van der Waals surface area contributed by atoms with Gasteiger partial charge in [-0.3, -0.25) is 4.79 Å². The van der Waals surface area contributed by atoms with Crippen molar-refractivity contribution in [1.29, 1.82) is 0 Å². The Morgan fingerprint density at radius 1 is 1.22 bits per heavy atom. The zero-order valence-electron chi connectivity index (χ0n) is 16.3. The van der Waals surface area contributed by atoms with E-state index in [0.717, 1.165) is 34.3 Å². The Balaban J connectivity index is 2.00. The lowest BCUT2D eigenvalue weighted by atomic mass is 10.0. The molecule has 0 aliphatic rings. The van der Waals surface area contributed by atoms with Gasteiger partial charge in [-0.25, -0.2) is 4.68 Å². The Hall–Kier alpha value is -2.73. The van der Waals surface area contributed by atoms with Crippen molar-refractivity contribution in [1.82, 2.24) is 15.0 Å². The lowest BCUT2D eigenvalue weighted by molar-refractivity contribution is -0.120. The second kappa shape index (κ2) is 8.31. The lowest BCUT2D eigenvalue weighted by Crippen LogP contribution is -2.44. The van der Waals surface area contributed by atoms with Crippen molar-refractivity contribution >= 4 is 22.6 Å². The van der Waals surface area contributed by atoms with Gasteiger partial charge in [0.1, 0.15) is 12.1 Å². The molecule has 1 amide bonds. The number of hydrogen-bond donors (Lipinski definition) is 0. The van der Waals surface area contributed by atoms with E-state index in [1.165, 1.54) is 0 Å². The smallest absolute Gasteiger partial charge is 0.249 e. The standard InChI is InChI=1S/C21H26N4O2/c1-5-17-10-8-9-15(2)21(17)25(16(3)14-27-4)20(26)13-24-19-12-7-6-11-18(19)22-23-24/h6-12,16H,5,13-14H2,1-4H3. The molecule has 1 unspecified atom stereocenters. The number of aromatic nitrogens is 3. The van der Waals surface area contributed by atoms with Crippen LogP contribution in [0, 0.1) is 6.92 Å². The molecule has 0 spiro atoms. The van der Waals surface area contributed by atoms with E-state index in [1.54, 1.807) is 11.8 Å². The molecule has 0 bridgehead atoms.